The van der Waals surface area contributed by atoms with E-state index in [1.54, 1.807) is 7.11 Å². The van der Waals surface area contributed by atoms with Crippen LogP contribution < -0.4 is 10.2 Å². The summed E-state index contributed by atoms with van der Waals surface area (Å²) in [5.41, 5.74) is 2.72. The summed E-state index contributed by atoms with van der Waals surface area (Å²) in [4.78, 5) is 28.6. The van der Waals surface area contributed by atoms with Crippen molar-refractivity contribution < 1.29 is 19.1 Å². The normalized spacial score (nSPS) is 14.6. The van der Waals surface area contributed by atoms with Gasteiger partial charge in [-0.25, -0.2) is 0 Å². The molecule has 0 aliphatic heterocycles. The molecule has 2 amide bonds. The molecule has 28 heavy (non-hydrogen) atoms. The number of amides is 2. The summed E-state index contributed by atoms with van der Waals surface area (Å²) in [5, 5.41) is 2.85. The number of hydrogen-bond acceptors (Lipinski definition) is 5. The molecule has 1 aromatic rings. The fourth-order valence-corrected chi connectivity index (χ4v) is 3.76. The summed E-state index contributed by atoms with van der Waals surface area (Å²) in [6.07, 6.45) is 5.57. The maximum absolute atomic E-state index is 12.8. The van der Waals surface area contributed by atoms with Crippen molar-refractivity contribution in [2.45, 2.75) is 44.7 Å². The molecule has 1 saturated carbocycles. The van der Waals surface area contributed by atoms with E-state index < -0.39 is 0 Å². The summed E-state index contributed by atoms with van der Waals surface area (Å²) < 4.78 is 10.0. The molecule has 1 aliphatic rings. The zero-order valence-electron chi connectivity index (χ0n) is 17.5. The van der Waals surface area contributed by atoms with Crippen molar-refractivity contribution >= 4 is 23.2 Å². The zero-order valence-corrected chi connectivity index (χ0v) is 17.5. The number of carbonyl (C=O) groups excluding carboxylic acids is 2. The van der Waals surface area contributed by atoms with Crippen LogP contribution in [0.25, 0.3) is 0 Å². The predicted octanol–water partition coefficient (Wildman–Crippen LogP) is 2.65. The van der Waals surface area contributed by atoms with E-state index in [1.165, 1.54) is 13.5 Å². The van der Waals surface area contributed by atoms with Crippen molar-refractivity contribution in [2.24, 2.45) is 0 Å². The first-order valence-corrected chi connectivity index (χ1v) is 9.83. The second-order valence-corrected chi connectivity index (χ2v) is 7.47. The molecule has 7 heteroatoms. The monoisotopic (exact) mass is 391 g/mol. The number of carbonyl (C=O) groups is 2. The minimum Gasteiger partial charge on any atom is -0.377 e. The molecule has 1 aliphatic carbocycles. The van der Waals surface area contributed by atoms with Crippen LogP contribution in [0.15, 0.2) is 18.2 Å². The van der Waals surface area contributed by atoms with Gasteiger partial charge in [-0.2, -0.15) is 0 Å². The number of hydrogen-bond donors (Lipinski definition) is 1. The van der Waals surface area contributed by atoms with E-state index >= 15 is 0 Å². The van der Waals surface area contributed by atoms with Gasteiger partial charge < -0.3 is 24.6 Å². The van der Waals surface area contributed by atoms with Gasteiger partial charge >= 0.3 is 0 Å². The van der Waals surface area contributed by atoms with E-state index in [-0.39, 0.29) is 31.1 Å². The number of methoxy groups -OCH3 is 2. The Labute approximate surface area is 168 Å². The molecule has 0 heterocycles. The van der Waals surface area contributed by atoms with Gasteiger partial charge in [0.2, 0.25) is 11.8 Å². The van der Waals surface area contributed by atoms with Crippen molar-refractivity contribution in [1.82, 2.24) is 4.90 Å². The Balaban J connectivity index is 2.28. The molecule has 2 rings (SSSR count). The first-order valence-electron chi connectivity index (χ1n) is 9.83. The Hall–Kier alpha value is -2.12. The molecule has 1 N–H and O–H groups in total. The number of anilines is 2. The highest BCUT2D eigenvalue weighted by molar-refractivity contribution is 5.92. The number of ether oxygens (including phenoxy) is 2. The molecule has 7 nitrogen and oxygen atoms in total. The van der Waals surface area contributed by atoms with Gasteiger partial charge in [0.25, 0.3) is 0 Å². The molecule has 0 bridgehead atoms. The third-order valence-electron chi connectivity index (χ3n) is 5.06. The maximum Gasteiger partial charge on any atom is 0.250 e. The van der Waals surface area contributed by atoms with Crippen molar-refractivity contribution in [3.05, 3.63) is 23.8 Å². The summed E-state index contributed by atoms with van der Waals surface area (Å²) in [6, 6.07) is 6.02. The molecule has 0 aromatic heterocycles. The quantitative estimate of drug-likeness (QED) is 0.701. The van der Waals surface area contributed by atoms with Gasteiger partial charge in [-0.15, -0.1) is 0 Å². The second-order valence-electron chi connectivity index (χ2n) is 7.47. The lowest BCUT2D eigenvalue weighted by Gasteiger charge is -2.35. The lowest BCUT2D eigenvalue weighted by atomic mass is 9.93. The van der Waals surface area contributed by atoms with E-state index in [0.717, 1.165) is 36.9 Å². The molecule has 1 fully saturated rings. The summed E-state index contributed by atoms with van der Waals surface area (Å²) >= 11 is 0. The van der Waals surface area contributed by atoms with Crippen LogP contribution in [0.5, 0.6) is 0 Å². The van der Waals surface area contributed by atoms with Gasteiger partial charge in [0.05, 0.1) is 0 Å². The summed E-state index contributed by atoms with van der Waals surface area (Å²) in [5.74, 6) is -0.196. The Morgan fingerprint density at radius 2 is 1.75 bits per heavy atom. The van der Waals surface area contributed by atoms with Crippen LogP contribution in [-0.4, -0.2) is 64.3 Å². The number of benzene rings is 1. The van der Waals surface area contributed by atoms with Gasteiger partial charge in [-0.3, -0.25) is 9.59 Å². The number of nitrogens with one attached hydrogen (secondary N) is 1. The molecule has 0 unspecified atom stereocenters. The number of nitrogens with zero attached hydrogens (tertiary/aromatic N) is 2. The highest BCUT2D eigenvalue weighted by Crippen LogP contribution is 2.29. The van der Waals surface area contributed by atoms with Crippen LogP contribution in [0, 0.1) is 0 Å². The van der Waals surface area contributed by atoms with Gasteiger partial charge in [-0.1, -0.05) is 19.3 Å². The van der Waals surface area contributed by atoms with Gasteiger partial charge in [0.15, 0.2) is 0 Å². The highest BCUT2D eigenvalue weighted by atomic mass is 16.5. The zero-order chi connectivity index (χ0) is 20.5. The van der Waals surface area contributed by atoms with Crippen LogP contribution in [-0.2, 0) is 25.6 Å². The minimum atomic E-state index is -0.203. The third kappa shape index (κ3) is 6.21. The van der Waals surface area contributed by atoms with Crippen LogP contribution in [0.1, 0.15) is 37.7 Å². The minimum absolute atomic E-state index is 0.00525. The van der Waals surface area contributed by atoms with Gasteiger partial charge in [-0.05, 0) is 36.6 Å². The van der Waals surface area contributed by atoms with Crippen LogP contribution in [0.4, 0.5) is 11.4 Å². The second kappa shape index (κ2) is 11.0. The summed E-state index contributed by atoms with van der Waals surface area (Å²) in [6.45, 7) is 0.581. The topological polar surface area (TPSA) is 71.1 Å². The third-order valence-corrected chi connectivity index (χ3v) is 5.06. The fourth-order valence-electron chi connectivity index (χ4n) is 3.76. The van der Waals surface area contributed by atoms with E-state index in [2.05, 4.69) is 5.32 Å². The molecular weight excluding hydrogens is 358 g/mol. The van der Waals surface area contributed by atoms with Gasteiger partial charge in [0, 0.05) is 52.3 Å². The molecule has 1 aromatic carbocycles. The Bertz CT molecular complexity index is 657. The molecular formula is C21H33N3O4. The Morgan fingerprint density at radius 1 is 1.07 bits per heavy atom. The van der Waals surface area contributed by atoms with E-state index in [4.69, 9.17) is 9.47 Å². The van der Waals surface area contributed by atoms with E-state index in [1.807, 2.05) is 42.1 Å². The van der Waals surface area contributed by atoms with E-state index in [0.29, 0.717) is 12.2 Å². The molecule has 0 spiro atoms. The highest BCUT2D eigenvalue weighted by Gasteiger charge is 2.26. The number of rotatable bonds is 9. The Morgan fingerprint density at radius 3 is 2.36 bits per heavy atom. The lowest BCUT2D eigenvalue weighted by Crippen LogP contribution is -2.42. The lowest BCUT2D eigenvalue weighted by molar-refractivity contribution is -0.139. The smallest absolute Gasteiger partial charge is 0.250 e. The SMILES string of the molecule is COCC(=O)Nc1ccc(N(C)C)c(CN(C(=O)COC)C2CCCCC2)c1. The van der Waals surface area contributed by atoms with E-state index in [9.17, 15) is 9.59 Å². The average molecular weight is 392 g/mol. The van der Waals surface area contributed by atoms with Crippen molar-refractivity contribution in [2.75, 3.05) is 51.7 Å². The predicted molar refractivity (Wildman–Crippen MR) is 111 cm³/mol. The van der Waals surface area contributed by atoms with Crippen molar-refractivity contribution in [3.63, 3.8) is 0 Å². The van der Waals surface area contributed by atoms with Gasteiger partial charge in [0.1, 0.15) is 13.2 Å². The average Bonchev–Trinajstić information content (AvgIpc) is 2.67. The fraction of sp³-hybridized carbons (Fsp3) is 0.619. The molecule has 0 radical (unpaired) electrons. The Kier molecular flexibility index (Phi) is 8.73. The molecule has 0 saturated heterocycles. The molecule has 156 valence electrons. The largest absolute Gasteiger partial charge is 0.377 e. The van der Waals surface area contributed by atoms with Crippen LogP contribution >= 0.6 is 0 Å². The molecule has 0 atom stereocenters. The van der Waals surface area contributed by atoms with Crippen molar-refractivity contribution in [3.8, 4) is 0 Å². The standard InChI is InChI=1S/C21H33N3O4/c1-23(2)19-11-10-17(22-20(25)14-27-3)12-16(19)13-24(21(26)15-28-4)18-8-6-5-7-9-18/h10-12,18H,5-9,13-15H2,1-4H3,(H,22,25). The maximum atomic E-state index is 12.8. The first-order chi connectivity index (χ1) is 13.5. The van der Waals surface area contributed by atoms with Crippen molar-refractivity contribution in [1.29, 1.82) is 0 Å². The van der Waals surface area contributed by atoms with Crippen LogP contribution in [0.2, 0.25) is 0 Å². The summed E-state index contributed by atoms with van der Waals surface area (Å²) in [7, 11) is 6.99. The van der Waals surface area contributed by atoms with Crippen LogP contribution in [0.3, 0.4) is 0 Å². The first kappa shape index (κ1) is 22.2.